The van der Waals surface area contributed by atoms with Crippen molar-refractivity contribution in [2.45, 2.75) is 13.1 Å². The van der Waals surface area contributed by atoms with E-state index in [0.29, 0.717) is 17.7 Å². The first-order chi connectivity index (χ1) is 14.1. The van der Waals surface area contributed by atoms with Crippen molar-refractivity contribution in [2.24, 2.45) is 0 Å². The number of halogens is 1. The molecule has 0 aliphatic carbocycles. The van der Waals surface area contributed by atoms with Gasteiger partial charge in [-0.2, -0.15) is 0 Å². The molecule has 0 radical (unpaired) electrons. The highest BCUT2D eigenvalue weighted by Crippen LogP contribution is 2.15. The summed E-state index contributed by atoms with van der Waals surface area (Å²) < 4.78 is 22.6. The van der Waals surface area contributed by atoms with Crippen LogP contribution in [0, 0.1) is 5.82 Å². The van der Waals surface area contributed by atoms with E-state index in [9.17, 15) is 14.0 Å². The van der Waals surface area contributed by atoms with Crippen molar-refractivity contribution in [3.63, 3.8) is 0 Å². The van der Waals surface area contributed by atoms with Crippen molar-refractivity contribution >= 4 is 11.2 Å². The van der Waals surface area contributed by atoms with E-state index in [2.05, 4.69) is 4.98 Å². The van der Waals surface area contributed by atoms with E-state index in [0.717, 1.165) is 10.1 Å². The zero-order valence-corrected chi connectivity index (χ0v) is 15.8. The van der Waals surface area contributed by atoms with Gasteiger partial charge in [-0.25, -0.2) is 18.7 Å². The summed E-state index contributed by atoms with van der Waals surface area (Å²) >= 11 is 0. The third-order valence-corrected chi connectivity index (χ3v) is 4.70. The molecule has 0 amide bonds. The molecule has 8 heteroatoms. The maximum atomic E-state index is 13.4. The highest BCUT2D eigenvalue weighted by atomic mass is 19.1. The van der Waals surface area contributed by atoms with Crippen molar-refractivity contribution in [3.05, 3.63) is 93.1 Å². The van der Waals surface area contributed by atoms with Gasteiger partial charge in [0.1, 0.15) is 5.82 Å². The van der Waals surface area contributed by atoms with Crippen LogP contribution in [-0.2, 0) is 17.8 Å². The standard InChI is InChI=1S/C21H19FN4O3/c1-29-12-11-25-20(27)18-19(23-14-24(18)13-15-5-3-2-4-6-15)26(21(25)28)17-9-7-16(22)8-10-17/h2-10,14H,11-13H2,1H3. The molecule has 0 saturated heterocycles. The molecule has 0 atom stereocenters. The Labute approximate surface area is 165 Å². The van der Waals surface area contributed by atoms with Gasteiger partial charge in [0.25, 0.3) is 5.56 Å². The van der Waals surface area contributed by atoms with Crippen LogP contribution in [-0.4, -0.2) is 32.4 Å². The molecular weight excluding hydrogens is 375 g/mol. The molecule has 0 saturated carbocycles. The number of hydrogen-bond donors (Lipinski definition) is 0. The molecule has 0 spiro atoms. The number of hydrogen-bond acceptors (Lipinski definition) is 4. The number of aromatic nitrogens is 4. The normalized spacial score (nSPS) is 11.2. The van der Waals surface area contributed by atoms with Crippen LogP contribution in [0.1, 0.15) is 5.56 Å². The summed E-state index contributed by atoms with van der Waals surface area (Å²) in [6.07, 6.45) is 1.54. The summed E-state index contributed by atoms with van der Waals surface area (Å²) in [5.74, 6) is -0.416. The zero-order valence-electron chi connectivity index (χ0n) is 15.8. The Morgan fingerprint density at radius 1 is 1.03 bits per heavy atom. The van der Waals surface area contributed by atoms with Crippen LogP contribution < -0.4 is 11.2 Å². The summed E-state index contributed by atoms with van der Waals surface area (Å²) in [5.41, 5.74) is 0.974. The van der Waals surface area contributed by atoms with Gasteiger partial charge in [0.05, 0.1) is 25.2 Å². The Bertz CT molecular complexity index is 1260. The van der Waals surface area contributed by atoms with E-state index in [-0.39, 0.29) is 18.8 Å². The van der Waals surface area contributed by atoms with Gasteiger partial charge in [-0.1, -0.05) is 30.3 Å². The minimum absolute atomic E-state index is 0.0990. The minimum atomic E-state index is -0.545. The Hall–Kier alpha value is -3.52. The van der Waals surface area contributed by atoms with Crippen LogP contribution in [0.4, 0.5) is 4.39 Å². The van der Waals surface area contributed by atoms with Crippen LogP contribution in [0.15, 0.2) is 70.5 Å². The van der Waals surface area contributed by atoms with Gasteiger partial charge in [-0.05, 0) is 29.8 Å². The van der Waals surface area contributed by atoms with Crippen molar-refractivity contribution < 1.29 is 9.13 Å². The average Bonchev–Trinajstić information content (AvgIpc) is 3.13. The van der Waals surface area contributed by atoms with Crippen LogP contribution >= 0.6 is 0 Å². The number of benzene rings is 2. The van der Waals surface area contributed by atoms with Gasteiger partial charge in [-0.3, -0.25) is 9.36 Å². The molecule has 0 bridgehead atoms. The minimum Gasteiger partial charge on any atom is -0.383 e. The van der Waals surface area contributed by atoms with Crippen molar-refractivity contribution in [1.82, 2.24) is 18.7 Å². The molecule has 0 aliphatic heterocycles. The third-order valence-electron chi connectivity index (χ3n) is 4.70. The Morgan fingerprint density at radius 2 is 1.76 bits per heavy atom. The lowest BCUT2D eigenvalue weighted by Gasteiger charge is -2.12. The summed E-state index contributed by atoms with van der Waals surface area (Å²) in [4.78, 5) is 30.6. The topological polar surface area (TPSA) is 71.1 Å². The third kappa shape index (κ3) is 3.50. The van der Waals surface area contributed by atoms with Crippen LogP contribution in [0.2, 0.25) is 0 Å². The molecule has 2 aromatic carbocycles. The van der Waals surface area contributed by atoms with Crippen molar-refractivity contribution in [3.8, 4) is 5.69 Å². The molecule has 2 heterocycles. The van der Waals surface area contributed by atoms with Crippen LogP contribution in [0.25, 0.3) is 16.9 Å². The second-order valence-corrected chi connectivity index (χ2v) is 6.57. The quantitative estimate of drug-likeness (QED) is 0.503. The second-order valence-electron chi connectivity index (χ2n) is 6.57. The largest absolute Gasteiger partial charge is 0.383 e. The molecule has 0 unspecified atom stereocenters. The summed E-state index contributed by atoms with van der Waals surface area (Å²) in [6.45, 7) is 0.733. The molecule has 0 fully saturated rings. The Kier molecular flexibility index (Phi) is 5.09. The van der Waals surface area contributed by atoms with Gasteiger partial charge in [0.15, 0.2) is 11.2 Å². The number of fused-ring (bicyclic) bond motifs is 1. The monoisotopic (exact) mass is 394 g/mol. The predicted molar refractivity (Wildman–Crippen MR) is 107 cm³/mol. The molecule has 29 heavy (non-hydrogen) atoms. The zero-order chi connectivity index (χ0) is 20.4. The van der Waals surface area contributed by atoms with Gasteiger partial charge >= 0.3 is 5.69 Å². The molecular formula is C21H19FN4O3. The molecule has 4 rings (SSSR count). The van der Waals surface area contributed by atoms with E-state index >= 15 is 0 Å². The fourth-order valence-electron chi connectivity index (χ4n) is 3.28. The van der Waals surface area contributed by atoms with Crippen molar-refractivity contribution in [1.29, 1.82) is 0 Å². The lowest BCUT2D eigenvalue weighted by Crippen LogP contribution is -2.41. The highest BCUT2D eigenvalue weighted by molar-refractivity contribution is 5.72. The summed E-state index contributed by atoms with van der Waals surface area (Å²) in [6, 6.07) is 15.1. The molecule has 0 aliphatic rings. The summed E-state index contributed by atoms with van der Waals surface area (Å²) in [7, 11) is 1.50. The number of nitrogens with zero attached hydrogens (tertiary/aromatic N) is 4. The lowest BCUT2D eigenvalue weighted by molar-refractivity contribution is 0.184. The maximum absolute atomic E-state index is 13.4. The van der Waals surface area contributed by atoms with E-state index in [1.54, 1.807) is 10.9 Å². The van der Waals surface area contributed by atoms with E-state index in [4.69, 9.17) is 4.74 Å². The van der Waals surface area contributed by atoms with Crippen molar-refractivity contribution in [2.75, 3.05) is 13.7 Å². The molecule has 0 N–H and O–H groups in total. The molecule has 2 aromatic heterocycles. The first-order valence-electron chi connectivity index (χ1n) is 9.09. The van der Waals surface area contributed by atoms with Gasteiger partial charge in [0.2, 0.25) is 0 Å². The maximum Gasteiger partial charge on any atom is 0.337 e. The Balaban J connectivity index is 1.97. The first-order valence-corrected chi connectivity index (χ1v) is 9.09. The van der Waals surface area contributed by atoms with Crippen LogP contribution in [0.5, 0.6) is 0 Å². The number of ether oxygens (including phenoxy) is 1. The van der Waals surface area contributed by atoms with Gasteiger partial charge < -0.3 is 9.30 Å². The fourth-order valence-corrected chi connectivity index (χ4v) is 3.28. The molecule has 4 aromatic rings. The van der Waals surface area contributed by atoms with Crippen LogP contribution in [0.3, 0.4) is 0 Å². The predicted octanol–water partition coefficient (Wildman–Crippen LogP) is 2.18. The van der Waals surface area contributed by atoms with E-state index in [1.165, 1.54) is 35.9 Å². The number of imidazole rings is 1. The fraction of sp³-hybridized carbons (Fsp3) is 0.190. The highest BCUT2D eigenvalue weighted by Gasteiger charge is 2.19. The Morgan fingerprint density at radius 3 is 2.45 bits per heavy atom. The number of methoxy groups -OCH3 is 1. The average molecular weight is 394 g/mol. The SMILES string of the molecule is COCCn1c(=O)c2c(ncn2Cc2ccccc2)n(-c2ccc(F)cc2)c1=O. The smallest absolute Gasteiger partial charge is 0.337 e. The lowest BCUT2D eigenvalue weighted by atomic mass is 10.2. The van der Waals surface area contributed by atoms with Gasteiger partial charge in [-0.15, -0.1) is 0 Å². The van der Waals surface area contributed by atoms with E-state index < -0.39 is 17.1 Å². The van der Waals surface area contributed by atoms with Gasteiger partial charge in [0, 0.05) is 13.7 Å². The first kappa shape index (κ1) is 18.8. The van der Waals surface area contributed by atoms with E-state index in [1.807, 2.05) is 30.3 Å². The molecule has 7 nitrogen and oxygen atoms in total. The number of rotatable bonds is 6. The second kappa shape index (κ2) is 7.84. The molecule has 148 valence electrons. The summed E-state index contributed by atoms with van der Waals surface area (Å²) in [5, 5.41) is 0.